The Hall–Kier alpha value is -4.20. The van der Waals surface area contributed by atoms with E-state index in [2.05, 4.69) is 5.32 Å². The summed E-state index contributed by atoms with van der Waals surface area (Å²) in [7, 11) is 0. The quantitative estimate of drug-likeness (QED) is 0.356. The van der Waals surface area contributed by atoms with Crippen molar-refractivity contribution in [1.82, 2.24) is 9.88 Å². The largest absolute Gasteiger partial charge is 0.465 e. The summed E-state index contributed by atoms with van der Waals surface area (Å²) in [5.74, 6) is -1.87. The number of hydrogen-bond donors (Lipinski definition) is 1. The lowest BCUT2D eigenvalue weighted by Gasteiger charge is -2.26. The smallest absolute Gasteiger partial charge is 0.335 e. The highest BCUT2D eigenvalue weighted by Crippen LogP contribution is 2.27. The van der Waals surface area contributed by atoms with Crippen LogP contribution in [-0.2, 0) is 32.1 Å². The average Bonchev–Trinajstić information content (AvgIpc) is 3.14. The second-order valence-corrected chi connectivity index (χ2v) is 7.51. The Morgan fingerprint density at radius 2 is 1.76 bits per heavy atom. The van der Waals surface area contributed by atoms with E-state index in [1.165, 1.54) is 6.08 Å². The molecular formula is C25H23N3O5. The molecule has 2 heterocycles. The number of anilines is 1. The molecule has 4 amide bonds. The number of fused-ring (bicyclic) bond motifs is 1. The van der Waals surface area contributed by atoms with Crippen LogP contribution in [0.1, 0.15) is 25.0 Å². The molecule has 2 aromatic carbocycles. The van der Waals surface area contributed by atoms with Crippen LogP contribution in [0.5, 0.6) is 0 Å². The summed E-state index contributed by atoms with van der Waals surface area (Å²) in [5, 5.41) is 2.99. The highest BCUT2D eigenvalue weighted by Gasteiger charge is 2.37. The number of rotatable bonds is 6. The molecule has 33 heavy (non-hydrogen) atoms. The lowest BCUT2D eigenvalue weighted by molar-refractivity contribution is -0.143. The topological polar surface area (TPSA) is 97.7 Å². The van der Waals surface area contributed by atoms with Crippen LogP contribution in [0.3, 0.4) is 0 Å². The predicted octanol–water partition coefficient (Wildman–Crippen LogP) is 3.43. The van der Waals surface area contributed by atoms with Gasteiger partial charge in [-0.3, -0.25) is 19.7 Å². The molecule has 1 saturated heterocycles. The highest BCUT2D eigenvalue weighted by atomic mass is 16.5. The van der Waals surface area contributed by atoms with Crippen LogP contribution >= 0.6 is 0 Å². The molecule has 8 nitrogen and oxygen atoms in total. The molecule has 1 N–H and O–H groups in total. The molecule has 0 bridgehead atoms. The summed E-state index contributed by atoms with van der Waals surface area (Å²) < 4.78 is 6.75. The van der Waals surface area contributed by atoms with Gasteiger partial charge in [0.2, 0.25) is 0 Å². The standard InChI is InChI=1S/C25H23N3O5/c1-3-16-9-11-18(12-10-16)28-24(31)20(23(30)26-25(28)32)13-17-14-27(15-22(29)33-4-2)21-8-6-5-7-19(17)21/h5-14H,3-4,15H2,1-2H3,(H,26,30,32)/b20-13-. The van der Waals surface area contributed by atoms with Crippen LogP contribution in [0, 0.1) is 0 Å². The predicted molar refractivity (Wildman–Crippen MR) is 123 cm³/mol. The van der Waals surface area contributed by atoms with Crippen LogP contribution < -0.4 is 10.2 Å². The SMILES string of the molecule is CCOC(=O)Cn1cc(/C=C2/C(=O)NC(=O)N(c3ccc(CC)cc3)C2=O)c2ccccc21. The molecule has 1 fully saturated rings. The molecule has 1 aromatic heterocycles. The van der Waals surface area contributed by atoms with Crippen molar-refractivity contribution in [2.24, 2.45) is 0 Å². The average molecular weight is 445 g/mol. The molecule has 8 heteroatoms. The van der Waals surface area contributed by atoms with Crippen molar-refractivity contribution in [3.8, 4) is 0 Å². The summed E-state index contributed by atoms with van der Waals surface area (Å²) >= 11 is 0. The fourth-order valence-electron chi connectivity index (χ4n) is 3.79. The van der Waals surface area contributed by atoms with E-state index in [0.717, 1.165) is 27.8 Å². The Kier molecular flexibility index (Phi) is 6.08. The fraction of sp³-hybridized carbons (Fsp3) is 0.200. The Balaban J connectivity index is 1.74. The van der Waals surface area contributed by atoms with Gasteiger partial charge in [0, 0.05) is 22.7 Å². The molecule has 4 rings (SSSR count). The number of barbiturate groups is 1. The molecular weight excluding hydrogens is 422 g/mol. The molecule has 0 spiro atoms. The number of para-hydroxylation sites is 1. The lowest BCUT2D eigenvalue weighted by Crippen LogP contribution is -2.54. The second kappa shape index (κ2) is 9.12. The first kappa shape index (κ1) is 22.0. The van der Waals surface area contributed by atoms with Crippen molar-refractivity contribution in [3.05, 3.63) is 71.4 Å². The number of urea groups is 1. The van der Waals surface area contributed by atoms with Gasteiger partial charge in [-0.05, 0) is 43.2 Å². The molecule has 3 aromatic rings. The Morgan fingerprint density at radius 3 is 2.45 bits per heavy atom. The summed E-state index contributed by atoms with van der Waals surface area (Å²) in [6.45, 7) is 4.00. The summed E-state index contributed by atoms with van der Waals surface area (Å²) in [4.78, 5) is 51.2. The molecule has 0 saturated carbocycles. The van der Waals surface area contributed by atoms with Gasteiger partial charge in [-0.25, -0.2) is 9.69 Å². The van der Waals surface area contributed by atoms with Crippen molar-refractivity contribution in [1.29, 1.82) is 0 Å². The first-order valence-corrected chi connectivity index (χ1v) is 10.7. The van der Waals surface area contributed by atoms with E-state index in [0.29, 0.717) is 11.3 Å². The van der Waals surface area contributed by atoms with Crippen molar-refractivity contribution in [2.75, 3.05) is 11.5 Å². The van der Waals surface area contributed by atoms with Gasteiger partial charge >= 0.3 is 12.0 Å². The maximum absolute atomic E-state index is 13.2. The summed E-state index contributed by atoms with van der Waals surface area (Å²) in [6, 6.07) is 13.6. The van der Waals surface area contributed by atoms with Gasteiger partial charge in [-0.15, -0.1) is 0 Å². The maximum Gasteiger partial charge on any atom is 0.335 e. The van der Waals surface area contributed by atoms with E-state index < -0.39 is 23.8 Å². The van der Waals surface area contributed by atoms with Crippen molar-refractivity contribution < 1.29 is 23.9 Å². The first-order valence-electron chi connectivity index (χ1n) is 10.7. The lowest BCUT2D eigenvalue weighted by atomic mass is 10.1. The summed E-state index contributed by atoms with van der Waals surface area (Å²) in [6.07, 6.45) is 3.95. The summed E-state index contributed by atoms with van der Waals surface area (Å²) in [5.41, 5.74) is 2.59. The number of carbonyl (C=O) groups is 4. The van der Waals surface area contributed by atoms with Crippen molar-refractivity contribution >= 4 is 46.5 Å². The molecule has 0 radical (unpaired) electrons. The van der Waals surface area contributed by atoms with Crippen LogP contribution in [-0.4, -0.2) is 35.0 Å². The first-order chi connectivity index (χ1) is 15.9. The van der Waals surface area contributed by atoms with E-state index in [4.69, 9.17) is 4.74 Å². The van der Waals surface area contributed by atoms with Gasteiger partial charge in [0.05, 0.1) is 12.3 Å². The van der Waals surface area contributed by atoms with E-state index in [9.17, 15) is 19.2 Å². The van der Waals surface area contributed by atoms with Crippen molar-refractivity contribution in [2.45, 2.75) is 26.8 Å². The van der Waals surface area contributed by atoms with Crippen LogP contribution in [0.25, 0.3) is 17.0 Å². The minimum Gasteiger partial charge on any atom is -0.465 e. The van der Waals surface area contributed by atoms with Crippen LogP contribution in [0.4, 0.5) is 10.5 Å². The minimum absolute atomic E-state index is 0.00788. The maximum atomic E-state index is 13.2. The zero-order valence-electron chi connectivity index (χ0n) is 18.3. The highest BCUT2D eigenvalue weighted by molar-refractivity contribution is 6.39. The molecule has 0 atom stereocenters. The van der Waals surface area contributed by atoms with E-state index >= 15 is 0 Å². The molecule has 1 aliphatic rings. The number of nitrogens with zero attached hydrogens (tertiary/aromatic N) is 2. The van der Waals surface area contributed by atoms with Gasteiger partial charge in [0.15, 0.2) is 0 Å². The van der Waals surface area contributed by atoms with Crippen LogP contribution in [0.2, 0.25) is 0 Å². The fourth-order valence-corrected chi connectivity index (χ4v) is 3.79. The molecule has 0 unspecified atom stereocenters. The normalized spacial score (nSPS) is 15.3. The number of amides is 4. The number of esters is 1. The molecule has 168 valence electrons. The van der Waals surface area contributed by atoms with Gasteiger partial charge in [-0.2, -0.15) is 0 Å². The van der Waals surface area contributed by atoms with Crippen molar-refractivity contribution in [3.63, 3.8) is 0 Å². The minimum atomic E-state index is -0.795. The zero-order chi connectivity index (χ0) is 23.5. The number of aromatic nitrogens is 1. The van der Waals surface area contributed by atoms with E-state index in [1.54, 1.807) is 29.8 Å². The molecule has 1 aliphatic heterocycles. The third-order valence-corrected chi connectivity index (χ3v) is 5.43. The monoisotopic (exact) mass is 445 g/mol. The Labute approximate surface area is 190 Å². The Bertz CT molecular complexity index is 1290. The Morgan fingerprint density at radius 1 is 1.03 bits per heavy atom. The number of nitrogens with one attached hydrogen (secondary N) is 1. The third-order valence-electron chi connectivity index (χ3n) is 5.43. The zero-order valence-corrected chi connectivity index (χ0v) is 18.3. The number of imide groups is 2. The third kappa shape index (κ3) is 4.27. The number of carbonyl (C=O) groups excluding carboxylic acids is 4. The van der Waals surface area contributed by atoms with Gasteiger partial charge in [0.25, 0.3) is 11.8 Å². The number of benzene rings is 2. The van der Waals surface area contributed by atoms with Gasteiger partial charge in [-0.1, -0.05) is 37.3 Å². The van der Waals surface area contributed by atoms with Gasteiger partial charge < -0.3 is 9.30 Å². The van der Waals surface area contributed by atoms with Gasteiger partial charge in [0.1, 0.15) is 12.1 Å². The second-order valence-electron chi connectivity index (χ2n) is 7.51. The molecule has 0 aliphatic carbocycles. The number of aryl methyl sites for hydroxylation is 1. The van der Waals surface area contributed by atoms with E-state index in [1.807, 2.05) is 43.3 Å². The van der Waals surface area contributed by atoms with Crippen LogP contribution in [0.15, 0.2) is 60.3 Å². The van der Waals surface area contributed by atoms with E-state index in [-0.39, 0.29) is 18.7 Å². The number of hydrogen-bond acceptors (Lipinski definition) is 5. The number of ether oxygens (including phenoxy) is 1.